The molecule has 1 aromatic rings. The third kappa shape index (κ3) is 3.96. The lowest BCUT2D eigenvalue weighted by atomic mass is 10.0. The van der Waals surface area contributed by atoms with E-state index in [1.807, 2.05) is 0 Å². The zero-order valence-corrected chi connectivity index (χ0v) is 9.93. The molecule has 0 saturated heterocycles. The van der Waals surface area contributed by atoms with Crippen LogP contribution < -0.4 is 5.73 Å². The summed E-state index contributed by atoms with van der Waals surface area (Å²) in [6, 6.07) is 1.53. The Balaban J connectivity index is 2.61. The van der Waals surface area contributed by atoms with Gasteiger partial charge >= 0.3 is 0 Å². The van der Waals surface area contributed by atoms with Gasteiger partial charge in [-0.3, -0.25) is 0 Å². The van der Waals surface area contributed by atoms with Crippen molar-refractivity contribution in [1.82, 2.24) is 0 Å². The molecule has 0 saturated carbocycles. The van der Waals surface area contributed by atoms with Gasteiger partial charge in [0.05, 0.1) is 0 Å². The van der Waals surface area contributed by atoms with E-state index >= 15 is 0 Å². The summed E-state index contributed by atoms with van der Waals surface area (Å²) in [5, 5.41) is 0. The lowest BCUT2D eigenvalue weighted by molar-refractivity contribution is 0.0151. The van der Waals surface area contributed by atoms with Crippen LogP contribution >= 0.6 is 0 Å². The van der Waals surface area contributed by atoms with Crippen LogP contribution in [-0.2, 0) is 4.74 Å². The van der Waals surface area contributed by atoms with Crippen molar-refractivity contribution in [3.8, 4) is 0 Å². The first-order chi connectivity index (χ1) is 8.43. The second-order valence-corrected chi connectivity index (χ2v) is 3.95. The number of alkyl halides is 2. The smallest absolute Gasteiger partial charge is 0.261 e. The molecule has 1 unspecified atom stereocenters. The molecule has 0 aliphatic heterocycles. The molecule has 0 bridgehead atoms. The van der Waals surface area contributed by atoms with E-state index in [1.54, 1.807) is 0 Å². The second-order valence-electron chi connectivity index (χ2n) is 3.95. The maximum atomic E-state index is 13.7. The number of benzene rings is 1. The largest absolute Gasteiger partial charge is 0.375 e. The van der Waals surface area contributed by atoms with E-state index in [1.165, 1.54) is 13.0 Å². The first-order valence-electron chi connectivity index (χ1n) is 5.49. The Morgan fingerprint density at radius 2 is 1.94 bits per heavy atom. The Bertz CT molecular complexity index is 398. The molecule has 0 aliphatic carbocycles. The van der Waals surface area contributed by atoms with Crippen LogP contribution in [0.25, 0.3) is 0 Å². The van der Waals surface area contributed by atoms with Gasteiger partial charge in [-0.05, 0) is 25.0 Å². The molecule has 2 nitrogen and oxygen atoms in total. The van der Waals surface area contributed by atoms with Crippen molar-refractivity contribution < 1.29 is 22.3 Å². The minimum absolute atomic E-state index is 0.0711. The van der Waals surface area contributed by atoms with Crippen LogP contribution in [0.5, 0.6) is 0 Å². The van der Waals surface area contributed by atoms with Crippen molar-refractivity contribution in [3.05, 3.63) is 34.9 Å². The summed E-state index contributed by atoms with van der Waals surface area (Å²) in [6.45, 7) is 0.724. The van der Waals surface area contributed by atoms with Gasteiger partial charge in [0.2, 0.25) is 0 Å². The summed E-state index contributed by atoms with van der Waals surface area (Å²) in [5.41, 5.74) is 5.70. The maximum absolute atomic E-state index is 13.7. The summed E-state index contributed by atoms with van der Waals surface area (Å²) in [6.07, 6.45) is -2.49. The molecule has 1 aromatic carbocycles. The van der Waals surface area contributed by atoms with Gasteiger partial charge in [0.15, 0.2) is 0 Å². The van der Waals surface area contributed by atoms with Crippen LogP contribution in [0.3, 0.4) is 0 Å². The molecule has 6 heteroatoms. The molecule has 0 amide bonds. The Labute approximate surface area is 103 Å². The molecule has 18 heavy (non-hydrogen) atoms. The minimum atomic E-state index is -2.56. The van der Waals surface area contributed by atoms with Gasteiger partial charge in [0.25, 0.3) is 6.43 Å². The second kappa shape index (κ2) is 6.70. The Kier molecular flexibility index (Phi) is 5.55. The molecular formula is C12H15F4NO. The van der Waals surface area contributed by atoms with E-state index in [0.29, 0.717) is 0 Å². The van der Waals surface area contributed by atoms with Crippen LogP contribution in [-0.4, -0.2) is 19.6 Å². The highest BCUT2D eigenvalue weighted by Gasteiger charge is 2.18. The Morgan fingerprint density at radius 1 is 1.28 bits per heavy atom. The molecule has 0 radical (unpaired) electrons. The number of hydrogen-bond acceptors (Lipinski definition) is 2. The van der Waals surface area contributed by atoms with Crippen LogP contribution in [0.2, 0.25) is 0 Å². The molecule has 0 aliphatic rings. The third-order valence-corrected chi connectivity index (χ3v) is 2.51. The van der Waals surface area contributed by atoms with Crippen LogP contribution in [0.4, 0.5) is 17.6 Å². The highest BCUT2D eigenvalue weighted by Crippen LogP contribution is 2.23. The van der Waals surface area contributed by atoms with E-state index < -0.39 is 30.7 Å². The molecule has 1 rings (SSSR count). The number of rotatable bonds is 6. The van der Waals surface area contributed by atoms with Crippen molar-refractivity contribution in [1.29, 1.82) is 0 Å². The average molecular weight is 265 g/mol. The van der Waals surface area contributed by atoms with Crippen LogP contribution in [0, 0.1) is 18.6 Å². The minimum Gasteiger partial charge on any atom is -0.375 e. The van der Waals surface area contributed by atoms with Crippen LogP contribution in [0.1, 0.15) is 23.6 Å². The zero-order chi connectivity index (χ0) is 13.7. The molecule has 2 N–H and O–H groups in total. The molecule has 0 spiro atoms. The van der Waals surface area contributed by atoms with Crippen molar-refractivity contribution in [2.45, 2.75) is 25.8 Å². The molecular weight excluding hydrogens is 250 g/mol. The van der Waals surface area contributed by atoms with Crippen molar-refractivity contribution in [2.75, 3.05) is 13.2 Å². The van der Waals surface area contributed by atoms with E-state index in [0.717, 1.165) is 6.07 Å². The first-order valence-corrected chi connectivity index (χ1v) is 5.49. The van der Waals surface area contributed by atoms with Crippen LogP contribution in [0.15, 0.2) is 12.1 Å². The van der Waals surface area contributed by atoms with Crippen molar-refractivity contribution >= 4 is 0 Å². The first kappa shape index (κ1) is 14.9. The summed E-state index contributed by atoms with van der Waals surface area (Å²) in [7, 11) is 0. The normalized spacial score (nSPS) is 13.1. The van der Waals surface area contributed by atoms with E-state index in [4.69, 9.17) is 5.73 Å². The third-order valence-electron chi connectivity index (χ3n) is 2.51. The van der Waals surface area contributed by atoms with Gasteiger partial charge in [-0.1, -0.05) is 6.07 Å². The number of ether oxygens (including phenoxy) is 1. The van der Waals surface area contributed by atoms with Crippen molar-refractivity contribution in [3.63, 3.8) is 0 Å². The van der Waals surface area contributed by atoms with Gasteiger partial charge in [-0.25, -0.2) is 17.6 Å². The summed E-state index contributed by atoms with van der Waals surface area (Å²) >= 11 is 0. The molecule has 102 valence electrons. The van der Waals surface area contributed by atoms with Gasteiger partial charge in [-0.2, -0.15) is 0 Å². The fourth-order valence-corrected chi connectivity index (χ4v) is 1.55. The van der Waals surface area contributed by atoms with E-state index in [2.05, 4.69) is 4.74 Å². The number of hydrogen-bond donors (Lipinski definition) is 1. The molecule has 0 fully saturated rings. The molecule has 1 atom stereocenters. The average Bonchev–Trinajstić information content (AvgIpc) is 2.30. The SMILES string of the molecule is Cc1ccc(F)c(C(N)CCOCC(F)F)c1F. The summed E-state index contributed by atoms with van der Waals surface area (Å²) in [5.74, 6) is -1.43. The Hall–Kier alpha value is -1.14. The van der Waals surface area contributed by atoms with E-state index in [9.17, 15) is 17.6 Å². The predicted molar refractivity (Wildman–Crippen MR) is 59.5 cm³/mol. The Morgan fingerprint density at radius 3 is 2.56 bits per heavy atom. The fraction of sp³-hybridized carbons (Fsp3) is 0.500. The highest BCUT2D eigenvalue weighted by atomic mass is 19.3. The lowest BCUT2D eigenvalue weighted by Gasteiger charge is -2.15. The van der Waals surface area contributed by atoms with Gasteiger partial charge in [0, 0.05) is 18.2 Å². The monoisotopic (exact) mass is 265 g/mol. The lowest BCUT2D eigenvalue weighted by Crippen LogP contribution is -2.18. The van der Waals surface area contributed by atoms with Gasteiger partial charge in [0.1, 0.15) is 18.2 Å². The standard InChI is InChI=1S/C12H15F4NO/c1-7-2-3-8(13)11(12(7)16)9(17)4-5-18-6-10(14)15/h2-3,9-10H,4-6,17H2,1H3. The molecule has 0 heterocycles. The number of nitrogens with two attached hydrogens (primary N) is 1. The molecule has 0 aromatic heterocycles. The number of aryl methyl sites for hydroxylation is 1. The quantitative estimate of drug-likeness (QED) is 0.634. The summed E-state index contributed by atoms with van der Waals surface area (Å²) in [4.78, 5) is 0. The van der Waals surface area contributed by atoms with Crippen molar-refractivity contribution in [2.24, 2.45) is 5.73 Å². The van der Waals surface area contributed by atoms with E-state index in [-0.39, 0.29) is 24.2 Å². The maximum Gasteiger partial charge on any atom is 0.261 e. The summed E-state index contributed by atoms with van der Waals surface area (Å²) < 4.78 is 55.3. The predicted octanol–water partition coefficient (Wildman–Crippen LogP) is 2.94. The topological polar surface area (TPSA) is 35.2 Å². The fourth-order valence-electron chi connectivity index (χ4n) is 1.55. The number of halogens is 4. The van der Waals surface area contributed by atoms with Gasteiger partial charge < -0.3 is 10.5 Å². The zero-order valence-electron chi connectivity index (χ0n) is 9.93. The van der Waals surface area contributed by atoms with Gasteiger partial charge in [-0.15, -0.1) is 0 Å². The highest BCUT2D eigenvalue weighted by molar-refractivity contribution is 5.28.